The second-order valence-electron chi connectivity index (χ2n) is 5.29. The Hall–Kier alpha value is -1.85. The molecule has 6 heteroatoms. The first-order valence-corrected chi connectivity index (χ1v) is 5.78. The molecule has 0 aliphatic heterocycles. The molecule has 19 heavy (non-hydrogen) atoms. The standard InChI is InChI=1S/C13H14F3N3/c1-12(2,3)9-6-4-5-7-10(9)19-8-17-18-11(19)13(14,15)16/h4-8H,1-3H3. The first kappa shape index (κ1) is 13.6. The minimum atomic E-state index is -4.53. The monoisotopic (exact) mass is 269 g/mol. The highest BCUT2D eigenvalue weighted by Gasteiger charge is 2.38. The van der Waals surface area contributed by atoms with Gasteiger partial charge < -0.3 is 0 Å². The molecule has 1 heterocycles. The van der Waals surface area contributed by atoms with Crippen LogP contribution in [-0.4, -0.2) is 14.8 Å². The fraction of sp³-hybridized carbons (Fsp3) is 0.385. The first-order chi connectivity index (χ1) is 8.71. The van der Waals surface area contributed by atoms with Gasteiger partial charge in [0.1, 0.15) is 6.33 Å². The van der Waals surface area contributed by atoms with Gasteiger partial charge in [0.2, 0.25) is 5.82 Å². The molecule has 0 saturated heterocycles. The zero-order chi connectivity index (χ0) is 14.3. The summed E-state index contributed by atoms with van der Waals surface area (Å²) in [7, 11) is 0. The lowest BCUT2D eigenvalue weighted by atomic mass is 9.86. The zero-order valence-electron chi connectivity index (χ0n) is 10.9. The molecule has 0 bridgehead atoms. The summed E-state index contributed by atoms with van der Waals surface area (Å²) in [5, 5.41) is 6.56. The molecule has 2 aromatic rings. The van der Waals surface area contributed by atoms with E-state index in [1.54, 1.807) is 12.1 Å². The van der Waals surface area contributed by atoms with Crippen molar-refractivity contribution in [1.29, 1.82) is 0 Å². The summed E-state index contributed by atoms with van der Waals surface area (Å²) in [6.07, 6.45) is -3.44. The molecule has 0 atom stereocenters. The van der Waals surface area contributed by atoms with E-state index in [1.807, 2.05) is 32.9 Å². The molecule has 0 unspecified atom stereocenters. The van der Waals surface area contributed by atoms with Crippen molar-refractivity contribution in [1.82, 2.24) is 14.8 Å². The number of rotatable bonds is 1. The second kappa shape index (κ2) is 4.36. The van der Waals surface area contributed by atoms with Gasteiger partial charge in [-0.1, -0.05) is 39.0 Å². The third-order valence-electron chi connectivity index (χ3n) is 2.77. The number of aromatic nitrogens is 3. The summed E-state index contributed by atoms with van der Waals surface area (Å²) in [6, 6.07) is 6.96. The van der Waals surface area contributed by atoms with Crippen molar-refractivity contribution in [2.45, 2.75) is 32.4 Å². The second-order valence-corrected chi connectivity index (χ2v) is 5.29. The van der Waals surface area contributed by atoms with Gasteiger partial charge in [-0.2, -0.15) is 13.2 Å². The van der Waals surface area contributed by atoms with Crippen LogP contribution in [-0.2, 0) is 11.6 Å². The highest BCUT2D eigenvalue weighted by atomic mass is 19.4. The van der Waals surface area contributed by atoms with Crippen molar-refractivity contribution in [2.75, 3.05) is 0 Å². The summed E-state index contributed by atoms with van der Waals surface area (Å²) in [5.41, 5.74) is 0.983. The van der Waals surface area contributed by atoms with Crippen molar-refractivity contribution in [3.63, 3.8) is 0 Å². The number of hydrogen-bond donors (Lipinski definition) is 0. The van der Waals surface area contributed by atoms with E-state index in [4.69, 9.17) is 0 Å². The Labute approximate surface area is 109 Å². The first-order valence-electron chi connectivity index (χ1n) is 5.78. The lowest BCUT2D eigenvalue weighted by Gasteiger charge is -2.23. The number of nitrogens with zero attached hydrogens (tertiary/aromatic N) is 3. The van der Waals surface area contributed by atoms with Gasteiger partial charge >= 0.3 is 6.18 Å². The van der Waals surface area contributed by atoms with E-state index >= 15 is 0 Å². The average molecular weight is 269 g/mol. The molecule has 0 amide bonds. The van der Waals surface area contributed by atoms with Crippen LogP contribution in [0.1, 0.15) is 32.2 Å². The minimum Gasteiger partial charge on any atom is -0.278 e. The quantitative estimate of drug-likeness (QED) is 0.792. The maximum absolute atomic E-state index is 12.9. The lowest BCUT2D eigenvalue weighted by molar-refractivity contribution is -0.146. The van der Waals surface area contributed by atoms with Crippen molar-refractivity contribution >= 4 is 0 Å². The van der Waals surface area contributed by atoms with Gasteiger partial charge in [0.05, 0.1) is 5.69 Å². The number of alkyl halides is 3. The van der Waals surface area contributed by atoms with Gasteiger partial charge in [-0.3, -0.25) is 4.57 Å². The van der Waals surface area contributed by atoms with Crippen molar-refractivity contribution in [2.24, 2.45) is 0 Å². The lowest BCUT2D eigenvalue weighted by Crippen LogP contribution is -2.19. The SMILES string of the molecule is CC(C)(C)c1ccccc1-n1cnnc1C(F)(F)F. The van der Waals surface area contributed by atoms with Crippen LogP contribution in [0.25, 0.3) is 5.69 Å². The van der Waals surface area contributed by atoms with Gasteiger partial charge in [0.25, 0.3) is 0 Å². The summed E-state index contributed by atoms with van der Waals surface area (Å²) in [4.78, 5) is 0. The van der Waals surface area contributed by atoms with Crippen molar-refractivity contribution in [3.05, 3.63) is 42.0 Å². The largest absolute Gasteiger partial charge is 0.452 e. The summed E-state index contributed by atoms with van der Waals surface area (Å²) in [6.45, 7) is 5.84. The molecule has 0 radical (unpaired) electrons. The molecule has 3 nitrogen and oxygen atoms in total. The Bertz CT molecular complexity index is 579. The molecule has 0 N–H and O–H groups in total. The maximum Gasteiger partial charge on any atom is 0.452 e. The fourth-order valence-electron chi connectivity index (χ4n) is 1.92. The van der Waals surface area contributed by atoms with Crippen LogP contribution in [0.15, 0.2) is 30.6 Å². The van der Waals surface area contributed by atoms with E-state index < -0.39 is 12.0 Å². The van der Waals surface area contributed by atoms with Crippen molar-refractivity contribution in [3.8, 4) is 5.69 Å². The zero-order valence-corrected chi connectivity index (χ0v) is 10.9. The summed E-state index contributed by atoms with van der Waals surface area (Å²) in [5.74, 6) is -1.01. The molecule has 1 aromatic heterocycles. The molecular formula is C13H14F3N3. The van der Waals surface area contributed by atoms with E-state index in [9.17, 15) is 13.2 Å². The topological polar surface area (TPSA) is 30.7 Å². The number of hydrogen-bond acceptors (Lipinski definition) is 2. The minimum absolute atomic E-state index is 0.274. The highest BCUT2D eigenvalue weighted by molar-refractivity contribution is 5.45. The van der Waals surface area contributed by atoms with E-state index in [0.717, 1.165) is 16.5 Å². The Kier molecular flexibility index (Phi) is 3.12. The van der Waals surface area contributed by atoms with Crippen LogP contribution < -0.4 is 0 Å². The predicted octanol–water partition coefficient (Wildman–Crippen LogP) is 3.58. The number of para-hydroxylation sites is 1. The van der Waals surface area contributed by atoms with E-state index in [1.165, 1.54) is 0 Å². The van der Waals surface area contributed by atoms with E-state index in [2.05, 4.69) is 10.2 Å². The van der Waals surface area contributed by atoms with E-state index in [-0.39, 0.29) is 5.41 Å². The molecule has 1 aromatic carbocycles. The molecule has 0 spiro atoms. The third-order valence-corrected chi connectivity index (χ3v) is 2.77. The average Bonchev–Trinajstić information content (AvgIpc) is 2.76. The maximum atomic E-state index is 12.9. The Balaban J connectivity index is 2.65. The number of halogens is 3. The fourth-order valence-corrected chi connectivity index (χ4v) is 1.92. The molecule has 102 valence electrons. The van der Waals surface area contributed by atoms with Crippen LogP contribution in [0.2, 0.25) is 0 Å². The van der Waals surface area contributed by atoms with E-state index in [0.29, 0.717) is 5.69 Å². The number of benzene rings is 1. The van der Waals surface area contributed by atoms with Crippen LogP contribution >= 0.6 is 0 Å². The highest BCUT2D eigenvalue weighted by Crippen LogP contribution is 2.33. The van der Waals surface area contributed by atoms with Gasteiger partial charge in [-0.05, 0) is 17.0 Å². The Morgan fingerprint density at radius 3 is 2.26 bits per heavy atom. The molecule has 0 aliphatic carbocycles. The summed E-state index contributed by atoms with van der Waals surface area (Å²) < 4.78 is 39.6. The van der Waals surface area contributed by atoms with Gasteiger partial charge in [0, 0.05) is 0 Å². The Morgan fingerprint density at radius 1 is 1.05 bits per heavy atom. The normalized spacial score (nSPS) is 12.7. The van der Waals surface area contributed by atoms with Crippen LogP contribution in [0.5, 0.6) is 0 Å². The summed E-state index contributed by atoms with van der Waals surface area (Å²) >= 11 is 0. The van der Waals surface area contributed by atoms with Gasteiger partial charge in [-0.15, -0.1) is 10.2 Å². The molecule has 2 rings (SSSR count). The smallest absolute Gasteiger partial charge is 0.278 e. The third kappa shape index (κ3) is 2.62. The molecular weight excluding hydrogens is 255 g/mol. The molecule has 0 saturated carbocycles. The van der Waals surface area contributed by atoms with Gasteiger partial charge in [0.15, 0.2) is 0 Å². The molecule has 0 fully saturated rings. The van der Waals surface area contributed by atoms with Crippen LogP contribution in [0.4, 0.5) is 13.2 Å². The van der Waals surface area contributed by atoms with Crippen molar-refractivity contribution < 1.29 is 13.2 Å². The predicted molar refractivity (Wildman–Crippen MR) is 65.1 cm³/mol. The Morgan fingerprint density at radius 2 is 1.68 bits per heavy atom. The van der Waals surface area contributed by atoms with Gasteiger partial charge in [-0.25, -0.2) is 0 Å². The van der Waals surface area contributed by atoms with Crippen LogP contribution in [0, 0.1) is 0 Å². The van der Waals surface area contributed by atoms with Crippen LogP contribution in [0.3, 0.4) is 0 Å². The molecule has 0 aliphatic rings.